The van der Waals surface area contributed by atoms with Gasteiger partial charge in [0.25, 0.3) is 0 Å². The highest BCUT2D eigenvalue weighted by Crippen LogP contribution is 2.32. The largest absolute Gasteiger partial charge is 0.497 e. The van der Waals surface area contributed by atoms with Crippen LogP contribution in [0.3, 0.4) is 0 Å². The van der Waals surface area contributed by atoms with E-state index in [1.807, 2.05) is 0 Å². The number of hydrogen-bond donors (Lipinski definition) is 0. The van der Waals surface area contributed by atoms with Gasteiger partial charge < -0.3 is 9.47 Å². The van der Waals surface area contributed by atoms with Crippen LogP contribution in [0.25, 0.3) is 0 Å². The number of benzene rings is 2. The minimum absolute atomic E-state index is 0.0370. The second kappa shape index (κ2) is 9.32. The predicted molar refractivity (Wildman–Crippen MR) is 106 cm³/mol. The Labute approximate surface area is 168 Å². The summed E-state index contributed by atoms with van der Waals surface area (Å²) in [6.07, 6.45) is 4.15. The second-order valence-corrected chi connectivity index (χ2v) is 8.41. The van der Waals surface area contributed by atoms with Gasteiger partial charge >= 0.3 is 6.61 Å². The zero-order valence-corrected chi connectivity index (χ0v) is 16.7. The van der Waals surface area contributed by atoms with Crippen LogP contribution < -0.4 is 9.47 Å². The molecule has 0 N–H and O–H groups in total. The van der Waals surface area contributed by atoms with E-state index in [9.17, 15) is 17.2 Å². The molecule has 0 amide bonds. The first-order valence-corrected chi connectivity index (χ1v) is 10.6. The van der Waals surface area contributed by atoms with Gasteiger partial charge in [-0.15, -0.1) is 0 Å². The summed E-state index contributed by atoms with van der Waals surface area (Å²) in [7, 11) is -2.24. The fraction of sp³-hybridized carbons (Fsp3) is 0.350. The standard InChI is InChI=1S/C20H22F2N2O4S/c1-27-17-9-10-18(19(13-17)29(25,26)24-11-3-2-4-12-24)23-14-15-5-7-16(8-6-15)28-20(21)22/h5-10,13-14,20H,2-4,11-12H2,1H3. The molecule has 2 aromatic rings. The Bertz CT molecular complexity index is 957. The Kier molecular flexibility index (Phi) is 6.81. The van der Waals surface area contributed by atoms with Gasteiger partial charge in [-0.1, -0.05) is 6.42 Å². The number of halogens is 2. The molecule has 9 heteroatoms. The lowest BCUT2D eigenvalue weighted by Crippen LogP contribution is -2.35. The lowest BCUT2D eigenvalue weighted by Gasteiger charge is -2.26. The monoisotopic (exact) mass is 424 g/mol. The maximum absolute atomic E-state index is 13.1. The van der Waals surface area contributed by atoms with Gasteiger partial charge in [-0.3, -0.25) is 4.99 Å². The molecule has 0 atom stereocenters. The summed E-state index contributed by atoms with van der Waals surface area (Å²) in [5, 5.41) is 0. The summed E-state index contributed by atoms with van der Waals surface area (Å²) in [6, 6.07) is 10.6. The van der Waals surface area contributed by atoms with E-state index in [4.69, 9.17) is 4.74 Å². The maximum Gasteiger partial charge on any atom is 0.387 e. The van der Waals surface area contributed by atoms with E-state index >= 15 is 0 Å². The van der Waals surface area contributed by atoms with Gasteiger partial charge in [0.2, 0.25) is 10.0 Å². The lowest BCUT2D eigenvalue weighted by atomic mass is 10.2. The van der Waals surface area contributed by atoms with E-state index < -0.39 is 16.6 Å². The zero-order chi connectivity index (χ0) is 20.9. The Morgan fingerprint density at radius 1 is 1.03 bits per heavy atom. The minimum atomic E-state index is -3.71. The molecule has 1 saturated heterocycles. The van der Waals surface area contributed by atoms with Crippen molar-refractivity contribution in [3.05, 3.63) is 48.0 Å². The number of aliphatic imine (C=N–C) groups is 1. The van der Waals surface area contributed by atoms with Crippen LogP contribution in [0.4, 0.5) is 14.5 Å². The molecule has 1 aliphatic rings. The highest BCUT2D eigenvalue weighted by molar-refractivity contribution is 7.89. The normalized spacial score (nSPS) is 15.7. The SMILES string of the molecule is COc1ccc(N=Cc2ccc(OC(F)F)cc2)c(S(=O)(=O)N2CCCCC2)c1. The number of sulfonamides is 1. The molecule has 1 fully saturated rings. The second-order valence-electron chi connectivity index (χ2n) is 6.50. The van der Waals surface area contributed by atoms with Crippen molar-refractivity contribution >= 4 is 21.9 Å². The van der Waals surface area contributed by atoms with E-state index in [-0.39, 0.29) is 16.3 Å². The van der Waals surface area contributed by atoms with Crippen molar-refractivity contribution in [2.75, 3.05) is 20.2 Å². The van der Waals surface area contributed by atoms with Crippen molar-refractivity contribution in [3.8, 4) is 11.5 Å². The Balaban J connectivity index is 1.90. The van der Waals surface area contributed by atoms with Gasteiger partial charge in [0.1, 0.15) is 16.4 Å². The van der Waals surface area contributed by atoms with Gasteiger partial charge in [0, 0.05) is 25.4 Å². The summed E-state index contributed by atoms with van der Waals surface area (Å²) in [5.74, 6) is 0.461. The molecule has 0 bridgehead atoms. The van der Waals surface area contributed by atoms with E-state index in [0.29, 0.717) is 24.4 Å². The van der Waals surface area contributed by atoms with Crippen LogP contribution in [0.1, 0.15) is 24.8 Å². The molecular weight excluding hydrogens is 402 g/mol. The first-order chi connectivity index (χ1) is 13.9. The topological polar surface area (TPSA) is 68.2 Å². The predicted octanol–water partition coefficient (Wildman–Crippen LogP) is 4.22. The van der Waals surface area contributed by atoms with Crippen LogP contribution in [-0.2, 0) is 10.0 Å². The molecule has 1 heterocycles. The van der Waals surface area contributed by atoms with Crippen LogP contribution in [-0.4, -0.2) is 45.7 Å². The highest BCUT2D eigenvalue weighted by Gasteiger charge is 2.28. The molecule has 0 aliphatic carbocycles. The Hall–Kier alpha value is -2.52. The number of hydrogen-bond acceptors (Lipinski definition) is 5. The van der Waals surface area contributed by atoms with Crippen molar-refractivity contribution in [3.63, 3.8) is 0 Å². The van der Waals surface area contributed by atoms with Crippen molar-refractivity contribution in [1.29, 1.82) is 0 Å². The minimum Gasteiger partial charge on any atom is -0.497 e. The van der Waals surface area contributed by atoms with E-state index in [1.165, 1.54) is 35.8 Å². The molecule has 156 valence electrons. The summed E-state index contributed by atoms with van der Waals surface area (Å²) < 4.78 is 61.7. The fourth-order valence-corrected chi connectivity index (χ4v) is 4.73. The number of nitrogens with zero attached hydrogens (tertiary/aromatic N) is 2. The molecule has 0 radical (unpaired) electrons. The van der Waals surface area contributed by atoms with Crippen molar-refractivity contribution in [1.82, 2.24) is 4.31 Å². The van der Waals surface area contributed by atoms with Crippen LogP contribution >= 0.6 is 0 Å². The molecule has 0 spiro atoms. The average Bonchev–Trinajstić information content (AvgIpc) is 2.73. The number of rotatable bonds is 7. The quantitative estimate of drug-likeness (QED) is 0.624. The molecule has 0 aromatic heterocycles. The van der Waals surface area contributed by atoms with E-state index in [2.05, 4.69) is 9.73 Å². The van der Waals surface area contributed by atoms with Crippen LogP contribution in [0.15, 0.2) is 52.4 Å². The first kappa shape index (κ1) is 21.2. The molecular formula is C20H22F2N2O4S. The van der Waals surface area contributed by atoms with Crippen molar-refractivity contribution < 1.29 is 26.7 Å². The molecule has 6 nitrogen and oxygen atoms in total. The molecule has 0 saturated carbocycles. The maximum atomic E-state index is 13.1. The highest BCUT2D eigenvalue weighted by atomic mass is 32.2. The van der Waals surface area contributed by atoms with Gasteiger partial charge in [-0.25, -0.2) is 8.42 Å². The number of ether oxygens (including phenoxy) is 2. The summed E-state index contributed by atoms with van der Waals surface area (Å²) in [4.78, 5) is 4.40. The van der Waals surface area contributed by atoms with Crippen molar-refractivity contribution in [2.45, 2.75) is 30.8 Å². The van der Waals surface area contributed by atoms with Crippen LogP contribution in [0.2, 0.25) is 0 Å². The van der Waals surface area contributed by atoms with Gasteiger partial charge in [-0.2, -0.15) is 13.1 Å². The number of piperidine rings is 1. The van der Waals surface area contributed by atoms with Gasteiger partial charge in [-0.05, 0) is 54.8 Å². The summed E-state index contributed by atoms with van der Waals surface area (Å²) in [6.45, 7) is -1.93. The Morgan fingerprint density at radius 2 is 1.69 bits per heavy atom. The fourth-order valence-electron chi connectivity index (χ4n) is 3.06. The van der Waals surface area contributed by atoms with Crippen LogP contribution in [0.5, 0.6) is 11.5 Å². The summed E-state index contributed by atoms with van der Waals surface area (Å²) in [5.41, 5.74) is 0.896. The van der Waals surface area contributed by atoms with Crippen LogP contribution in [0, 0.1) is 0 Å². The summed E-state index contributed by atoms with van der Waals surface area (Å²) >= 11 is 0. The molecule has 1 aliphatic heterocycles. The molecule has 0 unspecified atom stereocenters. The van der Waals surface area contributed by atoms with E-state index in [1.54, 1.807) is 24.3 Å². The smallest absolute Gasteiger partial charge is 0.387 e. The zero-order valence-electron chi connectivity index (χ0n) is 15.9. The third-order valence-electron chi connectivity index (χ3n) is 4.56. The third kappa shape index (κ3) is 5.30. The number of methoxy groups -OCH3 is 1. The third-order valence-corrected chi connectivity index (χ3v) is 6.49. The molecule has 2 aromatic carbocycles. The van der Waals surface area contributed by atoms with Gasteiger partial charge in [0.05, 0.1) is 12.8 Å². The van der Waals surface area contributed by atoms with E-state index in [0.717, 1.165) is 19.3 Å². The molecule has 3 rings (SSSR count). The Morgan fingerprint density at radius 3 is 2.31 bits per heavy atom. The lowest BCUT2D eigenvalue weighted by molar-refractivity contribution is -0.0498. The first-order valence-electron chi connectivity index (χ1n) is 9.17. The average molecular weight is 424 g/mol. The molecule has 29 heavy (non-hydrogen) atoms. The van der Waals surface area contributed by atoms with Crippen molar-refractivity contribution in [2.24, 2.45) is 4.99 Å². The number of alkyl halides is 2. The van der Waals surface area contributed by atoms with Gasteiger partial charge in [0.15, 0.2) is 0 Å².